The number of rotatable bonds is 3. The third-order valence-electron chi connectivity index (χ3n) is 6.04. The van der Waals surface area contributed by atoms with E-state index in [1.807, 2.05) is 12.1 Å². The summed E-state index contributed by atoms with van der Waals surface area (Å²) in [6.07, 6.45) is -1.27. The summed E-state index contributed by atoms with van der Waals surface area (Å²) in [5.41, 5.74) is 1.28. The van der Waals surface area contributed by atoms with Gasteiger partial charge in [-0.2, -0.15) is 13.2 Å². The lowest BCUT2D eigenvalue weighted by Crippen LogP contribution is -2.22. The molecule has 0 N–H and O–H groups in total. The van der Waals surface area contributed by atoms with Crippen LogP contribution in [0, 0.1) is 17.6 Å². The van der Waals surface area contributed by atoms with Gasteiger partial charge in [-0.05, 0) is 65.5 Å². The van der Waals surface area contributed by atoms with Crippen LogP contribution in [-0.2, 0) is 12.6 Å². The van der Waals surface area contributed by atoms with Crippen molar-refractivity contribution in [3.8, 4) is 0 Å². The molecule has 152 valence electrons. The molecule has 0 fully saturated rings. The molecule has 1 aliphatic carbocycles. The Balaban J connectivity index is 1.88. The maximum absolute atomic E-state index is 14.3. The molecule has 3 aromatic carbocycles. The number of hydrogen-bond acceptors (Lipinski definition) is 0. The molecule has 0 aromatic heterocycles. The third-order valence-corrected chi connectivity index (χ3v) is 6.04. The van der Waals surface area contributed by atoms with Gasteiger partial charge in [0.15, 0.2) is 0 Å². The van der Waals surface area contributed by atoms with Gasteiger partial charge >= 0.3 is 6.18 Å². The molecule has 0 aliphatic heterocycles. The van der Waals surface area contributed by atoms with Gasteiger partial charge < -0.3 is 0 Å². The van der Waals surface area contributed by atoms with Crippen molar-refractivity contribution in [3.05, 3.63) is 82.4 Å². The van der Waals surface area contributed by atoms with Crippen LogP contribution in [0.1, 0.15) is 54.4 Å². The molecule has 2 atom stereocenters. The van der Waals surface area contributed by atoms with Crippen molar-refractivity contribution in [2.45, 2.75) is 44.7 Å². The number of fused-ring (bicyclic) bond motifs is 3. The standard InChI is InChI=1S/C24H21F5/c1-2-4-14-7-9-17-16-5-3-6-21(25)18(16)10-11-19(17)23(14)15-8-12-20(22(26)13-15)24(27,28)29/h3,5-6,8,10-14,23H,2,4,7,9H2,1H3/t14-,23-/m1/s1. The Kier molecular flexibility index (Phi) is 5.09. The molecular formula is C24H21F5. The Bertz CT molecular complexity index is 1050. The van der Waals surface area contributed by atoms with E-state index in [0.717, 1.165) is 54.3 Å². The maximum Gasteiger partial charge on any atom is 0.419 e. The van der Waals surface area contributed by atoms with Crippen molar-refractivity contribution in [3.63, 3.8) is 0 Å². The average molecular weight is 404 g/mol. The van der Waals surface area contributed by atoms with Crippen LogP contribution in [0.15, 0.2) is 48.5 Å². The fourth-order valence-corrected chi connectivity index (χ4v) is 4.81. The summed E-state index contributed by atoms with van der Waals surface area (Å²) in [6, 6.07) is 11.8. The monoisotopic (exact) mass is 404 g/mol. The normalized spacial score (nSPS) is 19.4. The van der Waals surface area contributed by atoms with Gasteiger partial charge in [0.05, 0.1) is 5.56 Å². The van der Waals surface area contributed by atoms with E-state index in [1.165, 1.54) is 12.1 Å². The van der Waals surface area contributed by atoms with E-state index >= 15 is 0 Å². The lowest BCUT2D eigenvalue weighted by molar-refractivity contribution is -0.140. The summed E-state index contributed by atoms with van der Waals surface area (Å²) >= 11 is 0. The summed E-state index contributed by atoms with van der Waals surface area (Å²) in [7, 11) is 0. The summed E-state index contributed by atoms with van der Waals surface area (Å²) in [5, 5.41) is 1.37. The average Bonchev–Trinajstić information content (AvgIpc) is 2.67. The molecule has 3 aromatic rings. The Morgan fingerprint density at radius 3 is 2.41 bits per heavy atom. The molecule has 4 rings (SSSR count). The van der Waals surface area contributed by atoms with Crippen LogP contribution in [0.5, 0.6) is 0 Å². The van der Waals surface area contributed by atoms with Crippen LogP contribution in [-0.4, -0.2) is 0 Å². The summed E-state index contributed by atoms with van der Waals surface area (Å²) in [6.45, 7) is 2.07. The lowest BCUT2D eigenvalue weighted by atomic mass is 9.69. The summed E-state index contributed by atoms with van der Waals surface area (Å²) in [5.74, 6) is -1.54. The second-order valence-electron chi connectivity index (χ2n) is 7.77. The van der Waals surface area contributed by atoms with E-state index in [2.05, 4.69) is 6.92 Å². The van der Waals surface area contributed by atoms with E-state index in [4.69, 9.17) is 0 Å². The molecule has 0 heterocycles. The van der Waals surface area contributed by atoms with Crippen molar-refractivity contribution >= 4 is 10.8 Å². The van der Waals surface area contributed by atoms with Crippen LogP contribution < -0.4 is 0 Å². The van der Waals surface area contributed by atoms with Crippen LogP contribution in [0.2, 0.25) is 0 Å². The Morgan fingerprint density at radius 1 is 0.931 bits per heavy atom. The smallest absolute Gasteiger partial charge is 0.206 e. The van der Waals surface area contributed by atoms with Gasteiger partial charge in [0.2, 0.25) is 0 Å². The molecule has 0 bridgehead atoms. The molecule has 0 saturated carbocycles. The van der Waals surface area contributed by atoms with Crippen molar-refractivity contribution in [2.24, 2.45) is 5.92 Å². The highest BCUT2D eigenvalue weighted by Gasteiger charge is 2.36. The molecule has 0 saturated heterocycles. The minimum atomic E-state index is -4.72. The van der Waals surface area contributed by atoms with Crippen molar-refractivity contribution < 1.29 is 22.0 Å². The molecule has 29 heavy (non-hydrogen) atoms. The molecular weight excluding hydrogens is 383 g/mol. The van der Waals surface area contributed by atoms with Gasteiger partial charge in [-0.1, -0.05) is 43.7 Å². The van der Waals surface area contributed by atoms with Gasteiger partial charge in [-0.3, -0.25) is 0 Å². The fourth-order valence-electron chi connectivity index (χ4n) is 4.81. The Morgan fingerprint density at radius 2 is 1.72 bits per heavy atom. The van der Waals surface area contributed by atoms with Gasteiger partial charge in [-0.25, -0.2) is 8.78 Å². The predicted octanol–water partition coefficient (Wildman–Crippen LogP) is 7.63. The second kappa shape index (κ2) is 7.43. The quantitative estimate of drug-likeness (QED) is 0.394. The van der Waals surface area contributed by atoms with Gasteiger partial charge in [0, 0.05) is 11.3 Å². The zero-order chi connectivity index (χ0) is 20.8. The third kappa shape index (κ3) is 3.52. The predicted molar refractivity (Wildman–Crippen MR) is 104 cm³/mol. The number of aryl methyl sites for hydroxylation is 1. The van der Waals surface area contributed by atoms with E-state index in [-0.39, 0.29) is 17.7 Å². The molecule has 1 aliphatic rings. The zero-order valence-corrected chi connectivity index (χ0v) is 16.0. The number of alkyl halides is 3. The first-order valence-corrected chi connectivity index (χ1v) is 9.88. The van der Waals surface area contributed by atoms with Crippen molar-refractivity contribution in [2.75, 3.05) is 0 Å². The number of halogens is 5. The lowest BCUT2D eigenvalue weighted by Gasteiger charge is -2.35. The van der Waals surface area contributed by atoms with Crippen LogP contribution in [0.3, 0.4) is 0 Å². The van der Waals surface area contributed by atoms with E-state index in [1.54, 1.807) is 12.1 Å². The first kappa shape index (κ1) is 19.9. The van der Waals surface area contributed by atoms with Crippen molar-refractivity contribution in [1.82, 2.24) is 0 Å². The minimum Gasteiger partial charge on any atom is -0.206 e. The molecule has 0 spiro atoms. The summed E-state index contributed by atoms with van der Waals surface area (Å²) in [4.78, 5) is 0. The molecule has 0 nitrogen and oxygen atoms in total. The highest BCUT2D eigenvalue weighted by atomic mass is 19.4. The first-order chi connectivity index (χ1) is 13.8. The second-order valence-corrected chi connectivity index (χ2v) is 7.77. The van der Waals surface area contributed by atoms with Crippen LogP contribution in [0.25, 0.3) is 10.8 Å². The summed E-state index contributed by atoms with van der Waals surface area (Å²) < 4.78 is 67.5. The fraction of sp³-hybridized carbons (Fsp3) is 0.333. The van der Waals surface area contributed by atoms with Crippen LogP contribution >= 0.6 is 0 Å². The molecule has 5 heteroatoms. The Hall–Kier alpha value is -2.43. The van der Waals surface area contributed by atoms with Gasteiger partial charge in [-0.15, -0.1) is 0 Å². The van der Waals surface area contributed by atoms with E-state index < -0.39 is 17.6 Å². The largest absolute Gasteiger partial charge is 0.419 e. The molecule has 0 radical (unpaired) electrons. The van der Waals surface area contributed by atoms with E-state index in [9.17, 15) is 22.0 Å². The Labute approximate surface area is 166 Å². The highest BCUT2D eigenvalue weighted by Crippen LogP contribution is 2.46. The highest BCUT2D eigenvalue weighted by molar-refractivity contribution is 5.88. The van der Waals surface area contributed by atoms with Crippen LogP contribution in [0.4, 0.5) is 22.0 Å². The number of hydrogen-bond donors (Lipinski definition) is 0. The molecule has 0 unspecified atom stereocenters. The van der Waals surface area contributed by atoms with Gasteiger partial charge in [0.25, 0.3) is 0 Å². The maximum atomic E-state index is 14.3. The van der Waals surface area contributed by atoms with E-state index in [0.29, 0.717) is 10.9 Å². The van der Waals surface area contributed by atoms with Crippen molar-refractivity contribution in [1.29, 1.82) is 0 Å². The zero-order valence-electron chi connectivity index (χ0n) is 16.0. The topological polar surface area (TPSA) is 0 Å². The number of benzene rings is 3. The molecule has 0 amide bonds. The SMILES string of the molecule is CCC[C@@H]1CCc2c(ccc3c(F)cccc23)[C@H]1c1ccc(C(F)(F)F)c(F)c1. The minimum absolute atomic E-state index is 0.203. The van der Waals surface area contributed by atoms with Gasteiger partial charge in [0.1, 0.15) is 11.6 Å². The first-order valence-electron chi connectivity index (χ1n) is 9.88.